The highest BCUT2D eigenvalue weighted by Gasteiger charge is 1.92. The van der Waals surface area contributed by atoms with Gasteiger partial charge in [0.15, 0.2) is 5.65 Å². The van der Waals surface area contributed by atoms with Crippen LogP contribution in [0.15, 0.2) is 18.7 Å². The van der Waals surface area contributed by atoms with E-state index in [9.17, 15) is 0 Å². The van der Waals surface area contributed by atoms with Crippen molar-refractivity contribution in [2.75, 3.05) is 0 Å². The number of aromatic nitrogens is 4. The molecule has 2 rings (SSSR count). The zero-order valence-corrected chi connectivity index (χ0v) is 5.52. The summed E-state index contributed by atoms with van der Waals surface area (Å²) in [4.78, 5) is 4.06. The summed E-state index contributed by atoms with van der Waals surface area (Å²) in [5, 5.41) is 7.53. The summed E-state index contributed by atoms with van der Waals surface area (Å²) in [5.74, 6) is 0. The molecule has 0 aliphatic rings. The summed E-state index contributed by atoms with van der Waals surface area (Å²) in [5.41, 5.74) is 1.75. The Morgan fingerprint density at radius 1 is 1.50 bits per heavy atom. The van der Waals surface area contributed by atoms with Crippen LogP contribution in [-0.4, -0.2) is 19.6 Å². The van der Waals surface area contributed by atoms with Crippen LogP contribution in [-0.2, 0) is 0 Å². The third kappa shape index (κ3) is 0.655. The van der Waals surface area contributed by atoms with Gasteiger partial charge in [0, 0.05) is 6.20 Å². The third-order valence-electron chi connectivity index (χ3n) is 1.31. The van der Waals surface area contributed by atoms with Crippen molar-refractivity contribution in [2.24, 2.45) is 0 Å². The van der Waals surface area contributed by atoms with Crippen molar-refractivity contribution in [3.05, 3.63) is 24.4 Å². The van der Waals surface area contributed by atoms with Crippen molar-refractivity contribution in [3.8, 4) is 0 Å². The maximum absolute atomic E-state index is 4.06. The van der Waals surface area contributed by atoms with Gasteiger partial charge in [-0.1, -0.05) is 0 Å². The first kappa shape index (κ1) is 5.34. The number of hydrogen-bond acceptors (Lipinski definition) is 3. The van der Waals surface area contributed by atoms with E-state index in [1.54, 1.807) is 12.5 Å². The second-order valence-corrected chi connectivity index (χ2v) is 2.13. The minimum Gasteiger partial charge on any atom is -0.286 e. The Morgan fingerprint density at radius 2 is 2.40 bits per heavy atom. The van der Waals surface area contributed by atoms with Gasteiger partial charge in [-0.2, -0.15) is 0 Å². The SMILES string of the molecule is Cc1cn2cnnc2cn1. The number of hydrogen-bond donors (Lipinski definition) is 0. The lowest BCUT2D eigenvalue weighted by atomic mass is 10.5. The van der Waals surface area contributed by atoms with Crippen LogP contribution in [0.3, 0.4) is 0 Å². The average Bonchev–Trinajstić information content (AvgIpc) is 2.33. The summed E-state index contributed by atoms with van der Waals surface area (Å²) >= 11 is 0. The van der Waals surface area contributed by atoms with Crippen LogP contribution < -0.4 is 0 Å². The zero-order valence-electron chi connectivity index (χ0n) is 5.52. The summed E-state index contributed by atoms with van der Waals surface area (Å²) in [6.45, 7) is 1.93. The predicted molar refractivity (Wildman–Crippen MR) is 35.5 cm³/mol. The van der Waals surface area contributed by atoms with Crippen molar-refractivity contribution in [1.82, 2.24) is 19.6 Å². The van der Waals surface area contributed by atoms with Gasteiger partial charge in [-0.15, -0.1) is 10.2 Å². The molecule has 10 heavy (non-hydrogen) atoms. The second kappa shape index (κ2) is 1.76. The summed E-state index contributed by atoms with van der Waals surface area (Å²) < 4.78 is 1.84. The van der Waals surface area contributed by atoms with Crippen molar-refractivity contribution < 1.29 is 0 Å². The summed E-state index contributed by atoms with van der Waals surface area (Å²) in [7, 11) is 0. The van der Waals surface area contributed by atoms with Gasteiger partial charge in [0.2, 0.25) is 0 Å². The van der Waals surface area contributed by atoms with Gasteiger partial charge >= 0.3 is 0 Å². The monoisotopic (exact) mass is 134 g/mol. The highest BCUT2D eigenvalue weighted by molar-refractivity contribution is 5.32. The molecule has 0 fully saturated rings. The van der Waals surface area contributed by atoms with Gasteiger partial charge in [-0.3, -0.25) is 9.38 Å². The topological polar surface area (TPSA) is 43.1 Å². The van der Waals surface area contributed by atoms with Gasteiger partial charge < -0.3 is 0 Å². The van der Waals surface area contributed by atoms with Crippen LogP contribution in [0.2, 0.25) is 0 Å². The van der Waals surface area contributed by atoms with E-state index in [0.717, 1.165) is 11.3 Å². The lowest BCUT2D eigenvalue weighted by Gasteiger charge is -1.90. The normalized spacial score (nSPS) is 10.5. The van der Waals surface area contributed by atoms with Crippen molar-refractivity contribution in [2.45, 2.75) is 6.92 Å². The Labute approximate surface area is 57.5 Å². The largest absolute Gasteiger partial charge is 0.286 e. The Balaban J connectivity index is 2.86. The van der Waals surface area contributed by atoms with Crippen LogP contribution in [0, 0.1) is 6.92 Å². The van der Waals surface area contributed by atoms with Crippen molar-refractivity contribution in [1.29, 1.82) is 0 Å². The fourth-order valence-electron chi connectivity index (χ4n) is 0.838. The highest BCUT2D eigenvalue weighted by Crippen LogP contribution is 1.96. The molecule has 0 aliphatic heterocycles. The summed E-state index contributed by atoms with van der Waals surface area (Å²) in [6.07, 6.45) is 5.24. The lowest BCUT2D eigenvalue weighted by Crippen LogP contribution is -1.87. The van der Waals surface area contributed by atoms with E-state index in [-0.39, 0.29) is 0 Å². The average molecular weight is 134 g/mol. The maximum atomic E-state index is 4.06. The molecular weight excluding hydrogens is 128 g/mol. The van der Waals surface area contributed by atoms with Crippen molar-refractivity contribution >= 4 is 5.65 Å². The lowest BCUT2D eigenvalue weighted by molar-refractivity contribution is 1.07. The van der Waals surface area contributed by atoms with E-state index in [1.165, 1.54) is 0 Å². The first-order chi connectivity index (χ1) is 4.86. The second-order valence-electron chi connectivity index (χ2n) is 2.13. The molecule has 0 spiro atoms. The minimum atomic E-state index is 0.783. The zero-order chi connectivity index (χ0) is 6.97. The number of nitrogens with zero attached hydrogens (tertiary/aromatic N) is 4. The van der Waals surface area contributed by atoms with Gasteiger partial charge in [0.25, 0.3) is 0 Å². The maximum Gasteiger partial charge on any atom is 0.179 e. The van der Waals surface area contributed by atoms with E-state index in [4.69, 9.17) is 0 Å². The number of aryl methyl sites for hydroxylation is 1. The molecule has 0 aromatic carbocycles. The molecule has 2 heterocycles. The van der Waals surface area contributed by atoms with E-state index in [1.807, 2.05) is 17.5 Å². The van der Waals surface area contributed by atoms with Gasteiger partial charge in [-0.05, 0) is 6.92 Å². The molecule has 0 atom stereocenters. The molecule has 0 N–H and O–H groups in total. The van der Waals surface area contributed by atoms with Crippen LogP contribution in [0.25, 0.3) is 5.65 Å². The van der Waals surface area contributed by atoms with Crippen LogP contribution in [0.1, 0.15) is 5.69 Å². The Hall–Kier alpha value is -1.45. The van der Waals surface area contributed by atoms with E-state index in [0.29, 0.717) is 0 Å². The fraction of sp³-hybridized carbons (Fsp3) is 0.167. The molecular formula is C6H6N4. The quantitative estimate of drug-likeness (QED) is 0.524. The Bertz CT molecular complexity index is 351. The van der Waals surface area contributed by atoms with Gasteiger partial charge in [0.1, 0.15) is 6.33 Å². The first-order valence-corrected chi connectivity index (χ1v) is 2.98. The van der Waals surface area contributed by atoms with Crippen molar-refractivity contribution in [3.63, 3.8) is 0 Å². The van der Waals surface area contributed by atoms with Crippen LogP contribution in [0.4, 0.5) is 0 Å². The molecule has 0 saturated carbocycles. The van der Waals surface area contributed by atoms with E-state index >= 15 is 0 Å². The molecule has 0 aliphatic carbocycles. The molecule has 4 heteroatoms. The molecule has 0 saturated heterocycles. The fourth-order valence-corrected chi connectivity index (χ4v) is 0.838. The van der Waals surface area contributed by atoms with Crippen LogP contribution in [0.5, 0.6) is 0 Å². The smallest absolute Gasteiger partial charge is 0.179 e. The molecule has 0 unspecified atom stereocenters. The predicted octanol–water partition coefficient (Wildman–Crippen LogP) is 0.433. The molecule has 2 aromatic heterocycles. The molecule has 0 amide bonds. The van der Waals surface area contributed by atoms with E-state index in [2.05, 4.69) is 15.2 Å². The molecule has 0 bridgehead atoms. The third-order valence-corrected chi connectivity index (χ3v) is 1.31. The minimum absolute atomic E-state index is 0.783. The highest BCUT2D eigenvalue weighted by atomic mass is 15.2. The number of rotatable bonds is 0. The van der Waals surface area contributed by atoms with E-state index < -0.39 is 0 Å². The molecule has 50 valence electrons. The number of fused-ring (bicyclic) bond motifs is 1. The van der Waals surface area contributed by atoms with Gasteiger partial charge in [0.05, 0.1) is 11.9 Å². The Morgan fingerprint density at radius 3 is 3.30 bits per heavy atom. The molecule has 0 radical (unpaired) electrons. The standard InChI is InChI=1S/C6H6N4/c1-5-3-10-4-8-9-6(10)2-7-5/h2-4H,1H3. The molecule has 2 aromatic rings. The van der Waals surface area contributed by atoms with Gasteiger partial charge in [-0.25, -0.2) is 0 Å². The molecule has 4 nitrogen and oxygen atoms in total. The summed E-state index contributed by atoms with van der Waals surface area (Å²) in [6, 6.07) is 0. The first-order valence-electron chi connectivity index (χ1n) is 2.98. The van der Waals surface area contributed by atoms with Crippen LogP contribution >= 0.6 is 0 Å². The Kier molecular flexibility index (Phi) is 0.943.